The molecular weight excluding hydrogens is 372 g/mol. The number of anilines is 1. The lowest BCUT2D eigenvalue weighted by atomic mass is 9.94. The first-order chi connectivity index (χ1) is 13.1. The summed E-state index contributed by atoms with van der Waals surface area (Å²) >= 11 is 0. The van der Waals surface area contributed by atoms with Gasteiger partial charge >= 0.3 is 0 Å². The maximum atomic E-state index is 13.1. The molecule has 5 nitrogen and oxygen atoms in total. The molecule has 0 saturated heterocycles. The topological polar surface area (TPSA) is 75.3 Å². The van der Waals surface area contributed by atoms with E-state index in [-0.39, 0.29) is 28.7 Å². The lowest BCUT2D eigenvalue weighted by molar-refractivity contribution is -0.116. The number of amides is 1. The van der Waals surface area contributed by atoms with Crippen LogP contribution in [0.1, 0.15) is 69.2 Å². The van der Waals surface area contributed by atoms with E-state index in [1.54, 1.807) is 25.1 Å². The number of hydrogen-bond donors (Lipinski definition) is 2. The second-order valence-electron chi connectivity index (χ2n) is 8.12. The maximum absolute atomic E-state index is 13.1. The van der Waals surface area contributed by atoms with Gasteiger partial charge in [-0.15, -0.1) is 0 Å². The normalized spacial score (nSPS) is 17.7. The van der Waals surface area contributed by atoms with E-state index < -0.39 is 10.0 Å². The molecule has 2 N–H and O–H groups in total. The molecule has 2 aromatic carbocycles. The van der Waals surface area contributed by atoms with Crippen LogP contribution in [0.3, 0.4) is 0 Å². The third-order valence-corrected chi connectivity index (χ3v) is 6.80. The van der Waals surface area contributed by atoms with Crippen LogP contribution in [0.2, 0.25) is 0 Å². The summed E-state index contributed by atoms with van der Waals surface area (Å²) in [5, 5.41) is 2.77. The summed E-state index contributed by atoms with van der Waals surface area (Å²) in [6, 6.07) is 12.6. The van der Waals surface area contributed by atoms with E-state index in [2.05, 4.69) is 36.0 Å². The molecule has 0 spiro atoms. The third-order valence-electron chi connectivity index (χ3n) is 5.36. The van der Waals surface area contributed by atoms with Crippen LogP contribution in [0, 0.1) is 5.92 Å². The van der Waals surface area contributed by atoms with Gasteiger partial charge < -0.3 is 5.32 Å². The quantitative estimate of drug-likeness (QED) is 0.747. The second-order valence-corrected chi connectivity index (χ2v) is 9.84. The molecule has 1 aliphatic rings. The van der Waals surface area contributed by atoms with E-state index in [4.69, 9.17) is 0 Å². The average Bonchev–Trinajstić information content (AvgIpc) is 2.93. The summed E-state index contributed by atoms with van der Waals surface area (Å²) < 4.78 is 29.0. The minimum atomic E-state index is -3.73. The van der Waals surface area contributed by atoms with Crippen molar-refractivity contribution in [1.82, 2.24) is 4.72 Å². The predicted molar refractivity (Wildman–Crippen MR) is 112 cm³/mol. The van der Waals surface area contributed by atoms with Gasteiger partial charge in [0.2, 0.25) is 15.9 Å². The number of hydrogen-bond acceptors (Lipinski definition) is 3. The van der Waals surface area contributed by atoms with Gasteiger partial charge in [0.1, 0.15) is 0 Å². The van der Waals surface area contributed by atoms with Crippen LogP contribution in [0.4, 0.5) is 5.69 Å². The van der Waals surface area contributed by atoms with Crippen molar-refractivity contribution < 1.29 is 13.2 Å². The molecule has 0 unspecified atom stereocenters. The first kappa shape index (κ1) is 20.6. The number of sulfonamides is 1. The fraction of sp³-hybridized carbons (Fsp3) is 0.409. The average molecular weight is 401 g/mol. The highest BCUT2D eigenvalue weighted by atomic mass is 32.2. The fourth-order valence-corrected chi connectivity index (χ4v) is 4.88. The van der Waals surface area contributed by atoms with Crippen molar-refractivity contribution in [2.75, 3.05) is 5.32 Å². The summed E-state index contributed by atoms with van der Waals surface area (Å²) in [6.07, 6.45) is 0. The molecule has 2 atom stereocenters. The summed E-state index contributed by atoms with van der Waals surface area (Å²) in [5.41, 5.74) is 3.56. The molecule has 1 heterocycles. The maximum Gasteiger partial charge on any atom is 0.241 e. The SMILES string of the molecule is CC(C)c1ccc([C@@H](NS(=O)(=O)c2ccc3c(c2)[C@@H](C)C(=O)N3)C(C)C)cc1. The van der Waals surface area contributed by atoms with Crippen molar-refractivity contribution in [3.05, 3.63) is 59.2 Å². The monoisotopic (exact) mass is 400 g/mol. The van der Waals surface area contributed by atoms with Crippen molar-refractivity contribution >= 4 is 21.6 Å². The van der Waals surface area contributed by atoms with E-state index in [9.17, 15) is 13.2 Å². The van der Waals surface area contributed by atoms with Crippen LogP contribution in [-0.4, -0.2) is 14.3 Å². The van der Waals surface area contributed by atoms with Gasteiger partial charge in [-0.05, 0) is 53.6 Å². The summed E-state index contributed by atoms with van der Waals surface area (Å²) in [4.78, 5) is 12.0. The molecule has 150 valence electrons. The number of benzene rings is 2. The van der Waals surface area contributed by atoms with Crippen LogP contribution in [0.25, 0.3) is 0 Å². The molecule has 1 amide bonds. The van der Waals surface area contributed by atoms with Crippen LogP contribution < -0.4 is 10.0 Å². The van der Waals surface area contributed by atoms with Gasteiger partial charge in [-0.25, -0.2) is 13.1 Å². The van der Waals surface area contributed by atoms with Gasteiger partial charge in [-0.3, -0.25) is 4.79 Å². The van der Waals surface area contributed by atoms with Gasteiger partial charge in [0.15, 0.2) is 0 Å². The molecule has 0 bridgehead atoms. The van der Waals surface area contributed by atoms with Gasteiger partial charge in [0.25, 0.3) is 0 Å². The zero-order valence-corrected chi connectivity index (χ0v) is 17.8. The first-order valence-electron chi connectivity index (χ1n) is 9.67. The number of nitrogens with one attached hydrogen (secondary N) is 2. The van der Waals surface area contributed by atoms with Crippen LogP contribution in [-0.2, 0) is 14.8 Å². The van der Waals surface area contributed by atoms with E-state index in [1.807, 2.05) is 26.0 Å². The Balaban J connectivity index is 1.90. The lowest BCUT2D eigenvalue weighted by Crippen LogP contribution is -2.32. The Labute approximate surface area is 167 Å². The van der Waals surface area contributed by atoms with Crippen molar-refractivity contribution in [1.29, 1.82) is 0 Å². The smallest absolute Gasteiger partial charge is 0.241 e. The Kier molecular flexibility index (Phi) is 5.64. The third kappa shape index (κ3) is 3.98. The second kappa shape index (κ2) is 7.68. The largest absolute Gasteiger partial charge is 0.325 e. The number of rotatable bonds is 6. The molecule has 1 aliphatic heterocycles. The number of fused-ring (bicyclic) bond motifs is 1. The predicted octanol–water partition coefficient (Wildman–Crippen LogP) is 4.54. The highest BCUT2D eigenvalue weighted by Gasteiger charge is 2.30. The van der Waals surface area contributed by atoms with E-state index in [1.165, 1.54) is 5.56 Å². The van der Waals surface area contributed by atoms with Crippen LogP contribution in [0.15, 0.2) is 47.4 Å². The molecular formula is C22H28N2O3S. The lowest BCUT2D eigenvalue weighted by Gasteiger charge is -2.23. The number of carbonyl (C=O) groups is 1. The Morgan fingerprint density at radius 1 is 0.964 bits per heavy atom. The summed E-state index contributed by atoms with van der Waals surface area (Å²) in [5.74, 6) is 0.0432. The molecule has 3 rings (SSSR count). The minimum Gasteiger partial charge on any atom is -0.325 e. The van der Waals surface area contributed by atoms with Crippen molar-refractivity contribution in [2.45, 2.75) is 57.4 Å². The van der Waals surface area contributed by atoms with Crippen LogP contribution >= 0.6 is 0 Å². The van der Waals surface area contributed by atoms with E-state index >= 15 is 0 Å². The highest BCUT2D eigenvalue weighted by Crippen LogP contribution is 2.34. The van der Waals surface area contributed by atoms with Gasteiger partial charge in [0, 0.05) is 11.7 Å². The van der Waals surface area contributed by atoms with E-state index in [0.29, 0.717) is 11.6 Å². The molecule has 0 fully saturated rings. The highest BCUT2D eigenvalue weighted by molar-refractivity contribution is 7.89. The number of carbonyl (C=O) groups excluding carboxylic acids is 1. The molecule has 0 aliphatic carbocycles. The molecule has 6 heteroatoms. The molecule has 0 radical (unpaired) electrons. The van der Waals surface area contributed by atoms with Crippen molar-refractivity contribution in [2.24, 2.45) is 5.92 Å². The van der Waals surface area contributed by atoms with E-state index in [0.717, 1.165) is 11.1 Å². The molecule has 0 saturated carbocycles. The molecule has 2 aromatic rings. The molecule has 28 heavy (non-hydrogen) atoms. The van der Waals surface area contributed by atoms with Gasteiger partial charge in [-0.2, -0.15) is 0 Å². The molecule has 0 aromatic heterocycles. The zero-order chi connectivity index (χ0) is 20.6. The fourth-order valence-electron chi connectivity index (χ4n) is 3.47. The Bertz CT molecular complexity index is 979. The Morgan fingerprint density at radius 2 is 1.57 bits per heavy atom. The Morgan fingerprint density at radius 3 is 2.14 bits per heavy atom. The zero-order valence-electron chi connectivity index (χ0n) is 17.0. The van der Waals surface area contributed by atoms with Crippen LogP contribution in [0.5, 0.6) is 0 Å². The van der Waals surface area contributed by atoms with Gasteiger partial charge in [0.05, 0.1) is 10.8 Å². The van der Waals surface area contributed by atoms with Crippen molar-refractivity contribution in [3.63, 3.8) is 0 Å². The summed E-state index contributed by atoms with van der Waals surface area (Å²) in [6.45, 7) is 10.0. The Hall–Kier alpha value is -2.18. The van der Waals surface area contributed by atoms with Gasteiger partial charge in [-0.1, -0.05) is 52.0 Å². The summed E-state index contributed by atoms with van der Waals surface area (Å²) in [7, 11) is -3.73. The standard InChI is InChI=1S/C22H28N2O3S/c1-13(2)16-6-8-17(9-7-16)21(14(3)4)24-28(26,27)18-10-11-20-19(12-18)15(5)22(25)23-20/h6-15,21,24H,1-5H3,(H,23,25)/t15-,21+/m1/s1. The first-order valence-corrected chi connectivity index (χ1v) is 11.2. The van der Waals surface area contributed by atoms with Crippen molar-refractivity contribution in [3.8, 4) is 0 Å². The minimum absolute atomic E-state index is 0.0799.